The Morgan fingerprint density at radius 1 is 1.40 bits per heavy atom. The Hall–Kier alpha value is -1.42. The Bertz CT molecular complexity index is 484. The van der Waals surface area contributed by atoms with E-state index in [0.717, 1.165) is 11.3 Å². The Kier molecular flexibility index (Phi) is 1.95. The summed E-state index contributed by atoms with van der Waals surface area (Å²) in [6, 6.07) is 4.12. The molecule has 3 rings (SSSR count). The predicted molar refractivity (Wildman–Crippen MR) is 57.5 cm³/mol. The molecular formula is C11H14N4. The molecule has 1 fully saturated rings. The average molecular weight is 202 g/mol. The van der Waals surface area contributed by atoms with Crippen molar-refractivity contribution >= 4 is 5.65 Å². The van der Waals surface area contributed by atoms with Gasteiger partial charge in [-0.05, 0) is 25.0 Å². The SMILES string of the molecule is NCc1cnc2ccc(C3CCC3)nn12. The molecule has 0 amide bonds. The maximum absolute atomic E-state index is 5.63. The second kappa shape index (κ2) is 3.31. The highest BCUT2D eigenvalue weighted by Crippen LogP contribution is 2.35. The highest BCUT2D eigenvalue weighted by molar-refractivity contribution is 5.39. The molecular weight excluding hydrogens is 188 g/mol. The van der Waals surface area contributed by atoms with E-state index in [-0.39, 0.29) is 0 Å². The summed E-state index contributed by atoms with van der Waals surface area (Å²) < 4.78 is 1.87. The van der Waals surface area contributed by atoms with E-state index in [1.54, 1.807) is 6.20 Å². The smallest absolute Gasteiger partial charge is 0.153 e. The maximum atomic E-state index is 5.63. The van der Waals surface area contributed by atoms with Gasteiger partial charge in [0.25, 0.3) is 0 Å². The number of nitrogens with zero attached hydrogens (tertiary/aromatic N) is 3. The van der Waals surface area contributed by atoms with Crippen LogP contribution in [0.3, 0.4) is 0 Å². The largest absolute Gasteiger partial charge is 0.325 e. The Morgan fingerprint density at radius 2 is 2.27 bits per heavy atom. The lowest BCUT2D eigenvalue weighted by Gasteiger charge is -2.24. The van der Waals surface area contributed by atoms with E-state index < -0.39 is 0 Å². The van der Waals surface area contributed by atoms with Gasteiger partial charge in [-0.1, -0.05) is 6.42 Å². The summed E-state index contributed by atoms with van der Waals surface area (Å²) in [6.07, 6.45) is 5.67. The zero-order valence-corrected chi connectivity index (χ0v) is 8.56. The van der Waals surface area contributed by atoms with Crippen molar-refractivity contribution in [3.05, 3.63) is 29.7 Å². The fraction of sp³-hybridized carbons (Fsp3) is 0.455. The summed E-state index contributed by atoms with van der Waals surface area (Å²) in [5.41, 5.74) is 8.68. The molecule has 0 aromatic carbocycles. The van der Waals surface area contributed by atoms with Crippen molar-refractivity contribution in [3.8, 4) is 0 Å². The predicted octanol–water partition coefficient (Wildman–Crippen LogP) is 1.46. The molecule has 0 aliphatic heterocycles. The molecule has 0 saturated heterocycles. The average Bonchev–Trinajstić information content (AvgIpc) is 2.57. The van der Waals surface area contributed by atoms with Crippen LogP contribution in [0.1, 0.15) is 36.6 Å². The van der Waals surface area contributed by atoms with Crippen molar-refractivity contribution < 1.29 is 0 Å². The third kappa shape index (κ3) is 1.33. The number of imidazole rings is 1. The van der Waals surface area contributed by atoms with E-state index in [4.69, 9.17) is 5.73 Å². The van der Waals surface area contributed by atoms with Crippen LogP contribution < -0.4 is 5.73 Å². The van der Waals surface area contributed by atoms with Crippen molar-refractivity contribution in [1.29, 1.82) is 0 Å². The number of hydrogen-bond acceptors (Lipinski definition) is 3. The molecule has 0 unspecified atom stereocenters. The molecule has 2 aromatic heterocycles. The Labute approximate surface area is 88.1 Å². The van der Waals surface area contributed by atoms with Gasteiger partial charge in [-0.25, -0.2) is 9.50 Å². The molecule has 4 nitrogen and oxygen atoms in total. The summed E-state index contributed by atoms with van der Waals surface area (Å²) in [7, 11) is 0. The molecule has 2 N–H and O–H groups in total. The van der Waals surface area contributed by atoms with E-state index in [1.807, 2.05) is 10.6 Å². The topological polar surface area (TPSA) is 56.2 Å². The monoisotopic (exact) mass is 202 g/mol. The number of nitrogens with two attached hydrogens (primary N) is 1. The molecule has 0 radical (unpaired) electrons. The van der Waals surface area contributed by atoms with E-state index in [1.165, 1.54) is 25.0 Å². The van der Waals surface area contributed by atoms with E-state index in [0.29, 0.717) is 12.5 Å². The van der Waals surface area contributed by atoms with Gasteiger partial charge >= 0.3 is 0 Å². The molecule has 1 aliphatic rings. The molecule has 78 valence electrons. The van der Waals surface area contributed by atoms with Gasteiger partial charge in [0.05, 0.1) is 17.6 Å². The van der Waals surface area contributed by atoms with Crippen LogP contribution in [0.25, 0.3) is 5.65 Å². The number of fused-ring (bicyclic) bond motifs is 1. The zero-order chi connectivity index (χ0) is 10.3. The third-order valence-corrected chi connectivity index (χ3v) is 3.19. The fourth-order valence-corrected chi connectivity index (χ4v) is 2.00. The Morgan fingerprint density at radius 3 is 2.93 bits per heavy atom. The standard InChI is InChI=1S/C11H14N4/c12-6-9-7-13-11-5-4-10(14-15(9)11)8-2-1-3-8/h4-5,7-8H,1-3,6,12H2. The van der Waals surface area contributed by atoms with Gasteiger partial charge in [0.15, 0.2) is 5.65 Å². The van der Waals surface area contributed by atoms with Gasteiger partial charge < -0.3 is 5.73 Å². The normalized spacial score (nSPS) is 16.9. The molecule has 2 heterocycles. The lowest BCUT2D eigenvalue weighted by Crippen LogP contribution is -2.13. The van der Waals surface area contributed by atoms with Crippen LogP contribution in [0.4, 0.5) is 0 Å². The molecule has 1 saturated carbocycles. The molecule has 0 atom stereocenters. The number of aromatic nitrogens is 3. The molecule has 1 aliphatic carbocycles. The second-order valence-corrected chi connectivity index (χ2v) is 4.11. The van der Waals surface area contributed by atoms with Crippen molar-refractivity contribution in [2.45, 2.75) is 31.7 Å². The van der Waals surface area contributed by atoms with E-state index in [9.17, 15) is 0 Å². The van der Waals surface area contributed by atoms with Crippen LogP contribution in [0.15, 0.2) is 18.3 Å². The molecule has 15 heavy (non-hydrogen) atoms. The van der Waals surface area contributed by atoms with Crippen LogP contribution in [-0.2, 0) is 6.54 Å². The lowest BCUT2D eigenvalue weighted by atomic mass is 9.83. The summed E-state index contributed by atoms with van der Waals surface area (Å²) in [5.74, 6) is 0.655. The summed E-state index contributed by atoms with van der Waals surface area (Å²) in [4.78, 5) is 4.25. The first-order chi connectivity index (χ1) is 7.38. The summed E-state index contributed by atoms with van der Waals surface area (Å²) in [5, 5.41) is 4.60. The number of rotatable bonds is 2. The minimum absolute atomic E-state index is 0.488. The highest BCUT2D eigenvalue weighted by atomic mass is 15.3. The van der Waals surface area contributed by atoms with Crippen LogP contribution >= 0.6 is 0 Å². The highest BCUT2D eigenvalue weighted by Gasteiger charge is 2.21. The van der Waals surface area contributed by atoms with Gasteiger partial charge in [0.2, 0.25) is 0 Å². The van der Waals surface area contributed by atoms with Crippen LogP contribution in [0.2, 0.25) is 0 Å². The van der Waals surface area contributed by atoms with Crippen LogP contribution in [0, 0.1) is 0 Å². The van der Waals surface area contributed by atoms with Crippen molar-refractivity contribution in [3.63, 3.8) is 0 Å². The fourth-order valence-electron chi connectivity index (χ4n) is 2.00. The zero-order valence-electron chi connectivity index (χ0n) is 8.56. The molecule has 2 aromatic rings. The van der Waals surface area contributed by atoms with Crippen LogP contribution in [0.5, 0.6) is 0 Å². The van der Waals surface area contributed by atoms with Crippen molar-refractivity contribution in [1.82, 2.24) is 14.6 Å². The first kappa shape index (κ1) is 8.85. The van der Waals surface area contributed by atoms with Crippen LogP contribution in [-0.4, -0.2) is 14.6 Å². The van der Waals surface area contributed by atoms with Gasteiger partial charge in [-0.2, -0.15) is 5.10 Å². The summed E-state index contributed by atoms with van der Waals surface area (Å²) >= 11 is 0. The lowest BCUT2D eigenvalue weighted by molar-refractivity contribution is 0.406. The Balaban J connectivity index is 2.10. The van der Waals surface area contributed by atoms with E-state index >= 15 is 0 Å². The van der Waals surface area contributed by atoms with Crippen molar-refractivity contribution in [2.24, 2.45) is 5.73 Å². The van der Waals surface area contributed by atoms with Gasteiger partial charge in [-0.15, -0.1) is 0 Å². The third-order valence-electron chi connectivity index (χ3n) is 3.19. The van der Waals surface area contributed by atoms with E-state index in [2.05, 4.69) is 16.1 Å². The van der Waals surface area contributed by atoms with Crippen molar-refractivity contribution in [2.75, 3.05) is 0 Å². The summed E-state index contributed by atoms with van der Waals surface area (Å²) in [6.45, 7) is 0.488. The molecule has 0 spiro atoms. The minimum atomic E-state index is 0.488. The van der Waals surface area contributed by atoms with Gasteiger partial charge in [0.1, 0.15) is 0 Å². The quantitative estimate of drug-likeness (QED) is 0.802. The minimum Gasteiger partial charge on any atom is -0.325 e. The first-order valence-electron chi connectivity index (χ1n) is 5.42. The number of hydrogen-bond donors (Lipinski definition) is 1. The molecule has 4 heteroatoms. The second-order valence-electron chi connectivity index (χ2n) is 4.11. The maximum Gasteiger partial charge on any atom is 0.153 e. The first-order valence-corrected chi connectivity index (χ1v) is 5.42. The van der Waals surface area contributed by atoms with Gasteiger partial charge in [0, 0.05) is 12.5 Å². The van der Waals surface area contributed by atoms with Gasteiger partial charge in [-0.3, -0.25) is 0 Å². The molecule has 0 bridgehead atoms.